The van der Waals surface area contributed by atoms with Crippen LogP contribution in [0, 0.1) is 0 Å². The van der Waals surface area contributed by atoms with Crippen molar-refractivity contribution in [3.05, 3.63) is 42.6 Å². The van der Waals surface area contributed by atoms with E-state index in [1.54, 1.807) is 0 Å². The summed E-state index contributed by atoms with van der Waals surface area (Å²) in [6.07, 6.45) is 4.65. The molecule has 0 N–H and O–H groups in total. The molecule has 0 spiro atoms. The standard InChI is InChI=1S/C19H25N3S/c1-15(2)13-22-14-18(16-7-4-5-8-17(16)22)23-12-10-20-19-9-6-11-21(19)3/h4-5,7-8,14H,1,6,9-13H2,2-3H3/b20-19+. The van der Waals surface area contributed by atoms with Crippen LogP contribution in [0.3, 0.4) is 0 Å². The number of fused-ring (bicyclic) bond motifs is 1. The monoisotopic (exact) mass is 327 g/mol. The molecule has 0 radical (unpaired) electrons. The van der Waals surface area contributed by atoms with Gasteiger partial charge in [-0.3, -0.25) is 4.99 Å². The minimum absolute atomic E-state index is 0.883. The number of aliphatic imine (C=N–C) groups is 1. The van der Waals surface area contributed by atoms with E-state index in [2.05, 4.69) is 60.5 Å². The van der Waals surface area contributed by atoms with E-state index in [0.29, 0.717) is 0 Å². The Kier molecular flexibility index (Phi) is 5.11. The maximum absolute atomic E-state index is 4.76. The highest BCUT2D eigenvalue weighted by Gasteiger charge is 2.13. The van der Waals surface area contributed by atoms with Gasteiger partial charge in [0, 0.05) is 54.3 Å². The Morgan fingerprint density at radius 3 is 2.91 bits per heavy atom. The first-order valence-corrected chi connectivity index (χ1v) is 9.23. The first-order valence-electron chi connectivity index (χ1n) is 8.24. The number of hydrogen-bond acceptors (Lipinski definition) is 2. The van der Waals surface area contributed by atoms with E-state index in [4.69, 9.17) is 4.99 Å². The maximum atomic E-state index is 4.76. The molecule has 1 aliphatic heterocycles. The normalized spacial score (nSPS) is 16.6. The minimum atomic E-state index is 0.883. The number of benzene rings is 1. The van der Waals surface area contributed by atoms with Crippen molar-refractivity contribution in [3.8, 4) is 0 Å². The molecule has 2 heterocycles. The molecule has 0 saturated carbocycles. The van der Waals surface area contributed by atoms with Gasteiger partial charge >= 0.3 is 0 Å². The summed E-state index contributed by atoms with van der Waals surface area (Å²) in [5, 5.41) is 1.34. The fraction of sp³-hybridized carbons (Fsp3) is 0.421. The molecule has 0 unspecified atom stereocenters. The number of hydrogen-bond donors (Lipinski definition) is 0. The second kappa shape index (κ2) is 7.26. The molecule has 1 aromatic carbocycles. The molecule has 2 aromatic rings. The largest absolute Gasteiger partial charge is 0.363 e. The van der Waals surface area contributed by atoms with Crippen LogP contribution in [0.25, 0.3) is 10.9 Å². The van der Waals surface area contributed by atoms with Crippen LogP contribution >= 0.6 is 11.8 Å². The lowest BCUT2D eigenvalue weighted by Crippen LogP contribution is -2.19. The Morgan fingerprint density at radius 2 is 2.17 bits per heavy atom. The zero-order valence-electron chi connectivity index (χ0n) is 14.1. The molecule has 1 fully saturated rings. The van der Waals surface area contributed by atoms with Gasteiger partial charge in [0.05, 0.1) is 12.4 Å². The van der Waals surface area contributed by atoms with Gasteiger partial charge < -0.3 is 9.47 Å². The highest BCUT2D eigenvalue weighted by atomic mass is 32.2. The van der Waals surface area contributed by atoms with Gasteiger partial charge in [-0.1, -0.05) is 30.4 Å². The van der Waals surface area contributed by atoms with E-state index in [0.717, 1.165) is 31.8 Å². The topological polar surface area (TPSA) is 20.5 Å². The van der Waals surface area contributed by atoms with Crippen LogP contribution < -0.4 is 0 Å². The van der Waals surface area contributed by atoms with Gasteiger partial charge in [-0.25, -0.2) is 0 Å². The highest BCUT2D eigenvalue weighted by Crippen LogP contribution is 2.30. The van der Waals surface area contributed by atoms with Gasteiger partial charge in [-0.05, 0) is 19.4 Å². The van der Waals surface area contributed by atoms with Gasteiger partial charge in [0.25, 0.3) is 0 Å². The molecule has 3 rings (SSSR count). The SMILES string of the molecule is C=C(C)Cn1cc(SCC/N=C2\CCCN2C)c2ccccc21. The van der Waals surface area contributed by atoms with Crippen LogP contribution in [0.4, 0.5) is 0 Å². The van der Waals surface area contributed by atoms with Gasteiger partial charge in [0.15, 0.2) is 0 Å². The second-order valence-corrected chi connectivity index (χ2v) is 7.40. The summed E-state index contributed by atoms with van der Waals surface area (Å²) >= 11 is 1.91. The molecule has 122 valence electrons. The number of nitrogens with zero attached hydrogens (tertiary/aromatic N) is 3. The number of rotatable bonds is 6. The summed E-state index contributed by atoms with van der Waals surface area (Å²) in [6, 6.07) is 8.62. The Labute approximate surface area is 143 Å². The van der Waals surface area contributed by atoms with E-state index < -0.39 is 0 Å². The van der Waals surface area contributed by atoms with E-state index in [1.807, 2.05) is 11.8 Å². The van der Waals surface area contributed by atoms with Crippen molar-refractivity contribution in [1.82, 2.24) is 9.47 Å². The van der Waals surface area contributed by atoms with E-state index in [9.17, 15) is 0 Å². The van der Waals surface area contributed by atoms with Crippen LogP contribution in [-0.2, 0) is 6.54 Å². The molecular weight excluding hydrogens is 302 g/mol. The minimum Gasteiger partial charge on any atom is -0.363 e. The van der Waals surface area contributed by atoms with E-state index in [1.165, 1.54) is 33.6 Å². The fourth-order valence-electron chi connectivity index (χ4n) is 3.07. The third-order valence-corrected chi connectivity index (χ3v) is 5.19. The van der Waals surface area contributed by atoms with Gasteiger partial charge in [0.1, 0.15) is 0 Å². The van der Waals surface area contributed by atoms with E-state index >= 15 is 0 Å². The predicted octanol–water partition coefficient (Wildman–Crippen LogP) is 4.43. The van der Waals surface area contributed by atoms with Crippen molar-refractivity contribution in [1.29, 1.82) is 0 Å². The summed E-state index contributed by atoms with van der Waals surface area (Å²) in [7, 11) is 2.14. The number of amidine groups is 1. The number of likely N-dealkylation sites (tertiary alicyclic amines) is 1. The van der Waals surface area contributed by atoms with Crippen LogP contribution in [0.2, 0.25) is 0 Å². The fourth-order valence-corrected chi connectivity index (χ4v) is 4.01. The summed E-state index contributed by atoms with van der Waals surface area (Å²) < 4.78 is 2.30. The first kappa shape index (κ1) is 16.2. The molecule has 0 aliphatic carbocycles. The van der Waals surface area contributed by atoms with Crippen molar-refractivity contribution in [2.45, 2.75) is 31.2 Å². The number of allylic oxidation sites excluding steroid dienone is 1. The van der Waals surface area contributed by atoms with Crippen molar-refractivity contribution < 1.29 is 0 Å². The lowest BCUT2D eigenvalue weighted by Gasteiger charge is -2.10. The third kappa shape index (κ3) is 3.81. The van der Waals surface area contributed by atoms with Crippen molar-refractivity contribution in [2.24, 2.45) is 4.99 Å². The van der Waals surface area contributed by atoms with Crippen LogP contribution in [0.15, 0.2) is 52.5 Å². The van der Waals surface area contributed by atoms with E-state index in [-0.39, 0.29) is 0 Å². The summed E-state index contributed by atoms with van der Waals surface area (Å²) in [5.74, 6) is 2.30. The van der Waals surface area contributed by atoms with Crippen molar-refractivity contribution in [2.75, 3.05) is 25.9 Å². The molecule has 0 bridgehead atoms. The summed E-state index contributed by atoms with van der Waals surface area (Å²) in [4.78, 5) is 8.39. The lowest BCUT2D eigenvalue weighted by atomic mass is 10.2. The number of aromatic nitrogens is 1. The molecule has 23 heavy (non-hydrogen) atoms. The quantitative estimate of drug-likeness (QED) is 0.444. The van der Waals surface area contributed by atoms with Gasteiger partial charge in [0.2, 0.25) is 0 Å². The number of thioether (sulfide) groups is 1. The Hall–Kier alpha value is -1.68. The van der Waals surface area contributed by atoms with Crippen LogP contribution in [-0.4, -0.2) is 41.2 Å². The van der Waals surface area contributed by atoms with Crippen LogP contribution in [0.5, 0.6) is 0 Å². The zero-order valence-corrected chi connectivity index (χ0v) is 14.9. The average molecular weight is 327 g/mol. The molecule has 4 heteroatoms. The average Bonchev–Trinajstić information content (AvgIpc) is 3.08. The second-order valence-electron chi connectivity index (χ2n) is 6.27. The molecule has 1 aliphatic rings. The smallest absolute Gasteiger partial charge is 0.0987 e. The Morgan fingerprint density at radius 1 is 1.35 bits per heavy atom. The molecule has 1 saturated heterocycles. The summed E-state index contributed by atoms with van der Waals surface area (Å²) in [6.45, 7) is 9.05. The first-order chi connectivity index (χ1) is 11.1. The van der Waals surface area contributed by atoms with Crippen molar-refractivity contribution in [3.63, 3.8) is 0 Å². The summed E-state index contributed by atoms with van der Waals surface area (Å²) in [5.41, 5.74) is 2.47. The predicted molar refractivity (Wildman–Crippen MR) is 102 cm³/mol. The molecule has 0 atom stereocenters. The van der Waals surface area contributed by atoms with Crippen molar-refractivity contribution >= 4 is 28.5 Å². The zero-order chi connectivity index (χ0) is 16.2. The molecule has 1 aromatic heterocycles. The maximum Gasteiger partial charge on any atom is 0.0987 e. The van der Waals surface area contributed by atoms with Gasteiger partial charge in [-0.2, -0.15) is 0 Å². The number of para-hydroxylation sites is 1. The molecule has 0 amide bonds. The van der Waals surface area contributed by atoms with Gasteiger partial charge in [-0.15, -0.1) is 11.8 Å². The Balaban J connectivity index is 1.69. The Bertz CT molecular complexity index is 729. The third-order valence-electron chi connectivity index (χ3n) is 4.17. The van der Waals surface area contributed by atoms with Crippen LogP contribution in [0.1, 0.15) is 19.8 Å². The lowest BCUT2D eigenvalue weighted by molar-refractivity contribution is 0.548. The highest BCUT2D eigenvalue weighted by molar-refractivity contribution is 7.99. The molecular formula is C19H25N3S. The molecule has 3 nitrogen and oxygen atoms in total.